The largest absolute Gasteiger partial charge is 0.365 e. The van der Waals surface area contributed by atoms with Crippen molar-refractivity contribution < 1.29 is 9.53 Å². The Morgan fingerprint density at radius 3 is 2.30 bits per heavy atom. The van der Waals surface area contributed by atoms with E-state index in [1.165, 1.54) is 25.7 Å². The number of piperidine rings is 1. The van der Waals surface area contributed by atoms with Crippen LogP contribution in [0.15, 0.2) is 0 Å². The second-order valence-corrected chi connectivity index (χ2v) is 6.40. The van der Waals surface area contributed by atoms with Crippen molar-refractivity contribution in [3.8, 4) is 0 Å². The molecular formula is C16H30N2O2. The lowest BCUT2D eigenvalue weighted by Gasteiger charge is -2.33. The molecule has 1 saturated heterocycles. The number of hydrogen-bond acceptors (Lipinski definition) is 3. The Bertz CT molecular complexity index is 293. The summed E-state index contributed by atoms with van der Waals surface area (Å²) in [5.74, 6) is 0.766. The summed E-state index contributed by atoms with van der Waals surface area (Å²) in [7, 11) is 0. The average Bonchev–Trinajstić information content (AvgIpc) is 2.75. The molecule has 0 spiro atoms. The Labute approximate surface area is 123 Å². The minimum Gasteiger partial charge on any atom is -0.365 e. The van der Waals surface area contributed by atoms with Crippen molar-refractivity contribution in [3.63, 3.8) is 0 Å². The van der Waals surface area contributed by atoms with Crippen molar-refractivity contribution in [2.75, 3.05) is 19.6 Å². The van der Waals surface area contributed by atoms with Crippen LogP contribution < -0.4 is 5.73 Å². The predicted octanol–water partition coefficient (Wildman–Crippen LogP) is 2.31. The lowest BCUT2D eigenvalue weighted by atomic mass is 9.97. The van der Waals surface area contributed by atoms with Gasteiger partial charge in [-0.15, -0.1) is 0 Å². The van der Waals surface area contributed by atoms with Crippen molar-refractivity contribution >= 4 is 5.91 Å². The van der Waals surface area contributed by atoms with E-state index < -0.39 is 0 Å². The quantitative estimate of drug-likeness (QED) is 0.805. The third-order valence-electron chi connectivity index (χ3n) is 4.81. The van der Waals surface area contributed by atoms with Crippen LogP contribution in [0.3, 0.4) is 0 Å². The fourth-order valence-electron chi connectivity index (χ4n) is 3.37. The summed E-state index contributed by atoms with van der Waals surface area (Å²) < 4.78 is 6.02. The molecule has 1 amide bonds. The number of likely N-dealkylation sites (tertiary alicyclic amines) is 1. The van der Waals surface area contributed by atoms with Crippen LogP contribution in [0, 0.1) is 5.92 Å². The number of nitrogens with zero attached hydrogens (tertiary/aromatic N) is 1. The van der Waals surface area contributed by atoms with Gasteiger partial charge >= 0.3 is 0 Å². The Kier molecular flexibility index (Phi) is 6.30. The molecule has 0 bridgehead atoms. The van der Waals surface area contributed by atoms with Gasteiger partial charge in [0.05, 0.1) is 6.10 Å². The average molecular weight is 282 g/mol. The van der Waals surface area contributed by atoms with Gasteiger partial charge in [-0.1, -0.05) is 25.7 Å². The number of nitrogens with two attached hydrogens (primary N) is 1. The van der Waals surface area contributed by atoms with Crippen LogP contribution in [0.25, 0.3) is 0 Å². The number of amides is 1. The lowest BCUT2D eigenvalue weighted by Crippen LogP contribution is -2.45. The minimum absolute atomic E-state index is 0.171. The molecule has 1 aliphatic heterocycles. The first kappa shape index (κ1) is 15.8. The maximum Gasteiger partial charge on any atom is 0.251 e. The maximum atomic E-state index is 12.4. The highest BCUT2D eigenvalue weighted by Gasteiger charge is 2.27. The van der Waals surface area contributed by atoms with E-state index >= 15 is 0 Å². The highest BCUT2D eigenvalue weighted by atomic mass is 16.5. The summed E-state index contributed by atoms with van der Waals surface area (Å²) in [6.45, 7) is 4.36. The van der Waals surface area contributed by atoms with Crippen LogP contribution >= 0.6 is 0 Å². The van der Waals surface area contributed by atoms with Gasteiger partial charge in [0.15, 0.2) is 0 Å². The van der Waals surface area contributed by atoms with Gasteiger partial charge in [0.1, 0.15) is 6.10 Å². The molecule has 20 heavy (non-hydrogen) atoms. The fraction of sp³-hybridized carbons (Fsp3) is 0.938. The van der Waals surface area contributed by atoms with E-state index in [4.69, 9.17) is 10.5 Å². The molecule has 1 heterocycles. The number of hydrogen-bond donors (Lipinski definition) is 1. The first-order chi connectivity index (χ1) is 9.70. The first-order valence-electron chi connectivity index (χ1n) is 8.35. The summed E-state index contributed by atoms with van der Waals surface area (Å²) in [4.78, 5) is 14.4. The summed E-state index contributed by atoms with van der Waals surface area (Å²) in [5, 5.41) is 0. The second-order valence-electron chi connectivity index (χ2n) is 6.40. The Morgan fingerprint density at radius 1 is 1.15 bits per heavy atom. The molecule has 0 aromatic rings. The zero-order valence-electron chi connectivity index (χ0n) is 12.9. The summed E-state index contributed by atoms with van der Waals surface area (Å²) in [5.41, 5.74) is 5.69. The second kappa shape index (κ2) is 7.99. The zero-order chi connectivity index (χ0) is 14.4. The molecule has 1 aliphatic carbocycles. The number of carbonyl (C=O) groups is 1. The molecule has 0 radical (unpaired) electrons. The molecule has 1 atom stereocenters. The molecule has 1 unspecified atom stereocenters. The van der Waals surface area contributed by atoms with Crippen molar-refractivity contribution in [2.24, 2.45) is 11.7 Å². The van der Waals surface area contributed by atoms with Gasteiger partial charge in [0.25, 0.3) is 5.91 Å². The van der Waals surface area contributed by atoms with E-state index in [0.29, 0.717) is 5.92 Å². The van der Waals surface area contributed by atoms with Gasteiger partial charge in [-0.05, 0) is 45.1 Å². The van der Waals surface area contributed by atoms with E-state index in [2.05, 4.69) is 0 Å². The number of rotatable bonds is 4. The van der Waals surface area contributed by atoms with Crippen LogP contribution in [-0.2, 0) is 9.53 Å². The normalized spacial score (nSPS) is 24.4. The Morgan fingerprint density at radius 2 is 1.75 bits per heavy atom. The van der Waals surface area contributed by atoms with E-state index in [1.54, 1.807) is 0 Å². The van der Waals surface area contributed by atoms with Crippen LogP contribution in [-0.4, -0.2) is 42.6 Å². The topological polar surface area (TPSA) is 55.6 Å². The zero-order valence-corrected chi connectivity index (χ0v) is 12.9. The molecule has 0 aromatic heterocycles. The standard InChI is InChI=1S/C16H30N2O2/c1-13(20-15-6-4-2-3-5-7-15)16(19)18-10-8-14(12-17)9-11-18/h13-15H,2-12,17H2,1H3. The number of ether oxygens (including phenoxy) is 1. The predicted molar refractivity (Wildman–Crippen MR) is 80.4 cm³/mol. The Balaban J connectivity index is 1.76. The molecule has 2 fully saturated rings. The van der Waals surface area contributed by atoms with Crippen molar-refractivity contribution in [3.05, 3.63) is 0 Å². The van der Waals surface area contributed by atoms with E-state index in [0.717, 1.165) is 45.3 Å². The van der Waals surface area contributed by atoms with Crippen LogP contribution in [0.4, 0.5) is 0 Å². The third kappa shape index (κ3) is 4.45. The van der Waals surface area contributed by atoms with Gasteiger partial charge in [0, 0.05) is 13.1 Å². The fourth-order valence-corrected chi connectivity index (χ4v) is 3.37. The van der Waals surface area contributed by atoms with Crippen LogP contribution in [0.2, 0.25) is 0 Å². The molecular weight excluding hydrogens is 252 g/mol. The van der Waals surface area contributed by atoms with Gasteiger partial charge in [-0.2, -0.15) is 0 Å². The van der Waals surface area contributed by atoms with Crippen molar-refractivity contribution in [1.82, 2.24) is 4.90 Å². The van der Waals surface area contributed by atoms with Gasteiger partial charge in [-0.25, -0.2) is 0 Å². The smallest absolute Gasteiger partial charge is 0.251 e. The van der Waals surface area contributed by atoms with Crippen molar-refractivity contribution in [1.29, 1.82) is 0 Å². The molecule has 4 nitrogen and oxygen atoms in total. The van der Waals surface area contributed by atoms with E-state index in [9.17, 15) is 4.79 Å². The van der Waals surface area contributed by atoms with Gasteiger partial charge in [-0.3, -0.25) is 4.79 Å². The molecule has 4 heteroatoms. The summed E-state index contributed by atoms with van der Waals surface area (Å²) in [6.07, 6.45) is 9.44. The molecule has 2 rings (SSSR count). The van der Waals surface area contributed by atoms with Crippen LogP contribution in [0.5, 0.6) is 0 Å². The summed E-state index contributed by atoms with van der Waals surface area (Å²) >= 11 is 0. The van der Waals surface area contributed by atoms with Gasteiger partial charge < -0.3 is 15.4 Å². The highest BCUT2D eigenvalue weighted by molar-refractivity contribution is 5.80. The molecule has 1 saturated carbocycles. The van der Waals surface area contributed by atoms with E-state index in [1.807, 2.05) is 11.8 Å². The van der Waals surface area contributed by atoms with Crippen molar-refractivity contribution in [2.45, 2.75) is 70.5 Å². The van der Waals surface area contributed by atoms with E-state index in [-0.39, 0.29) is 18.1 Å². The molecule has 0 aromatic carbocycles. The third-order valence-corrected chi connectivity index (χ3v) is 4.81. The SMILES string of the molecule is CC(OC1CCCCCC1)C(=O)N1CCC(CN)CC1. The Hall–Kier alpha value is -0.610. The van der Waals surface area contributed by atoms with Crippen LogP contribution in [0.1, 0.15) is 58.3 Å². The maximum absolute atomic E-state index is 12.4. The molecule has 2 N–H and O–H groups in total. The lowest BCUT2D eigenvalue weighted by molar-refractivity contribution is -0.148. The van der Waals surface area contributed by atoms with Gasteiger partial charge in [0.2, 0.25) is 0 Å². The number of carbonyl (C=O) groups excluding carboxylic acids is 1. The highest BCUT2D eigenvalue weighted by Crippen LogP contribution is 2.22. The molecule has 116 valence electrons. The first-order valence-corrected chi connectivity index (χ1v) is 8.35. The minimum atomic E-state index is -0.285. The molecule has 2 aliphatic rings. The monoisotopic (exact) mass is 282 g/mol. The summed E-state index contributed by atoms with van der Waals surface area (Å²) in [6, 6.07) is 0.